The Morgan fingerprint density at radius 2 is 1.77 bits per heavy atom. The number of hydrogen-bond donors (Lipinski definition) is 2. The van der Waals surface area contributed by atoms with Crippen LogP contribution in [-0.2, 0) is 14.3 Å². The second kappa shape index (κ2) is 11.6. The summed E-state index contributed by atoms with van der Waals surface area (Å²) < 4.78 is 5.53. The van der Waals surface area contributed by atoms with Gasteiger partial charge in [-0.2, -0.15) is 0 Å². The molecule has 40 heavy (non-hydrogen) atoms. The van der Waals surface area contributed by atoms with Crippen molar-refractivity contribution in [1.29, 1.82) is 0 Å². The standard InChI is InChI=1S/C30H42N4O6/c1-29(2,3)40-28(39)33(4)20-11-13-30(14-12-20)15-19(16-30)17-31-23-8-6-7-21(22(23)18-35)27(38)34(5)24-9-10-25(36)32-26(24)37/h6-8,18-20,24,31H,9-17H2,1-5H3,(H,32,36,37)/t19-,20-,24?,30?. The smallest absolute Gasteiger partial charge is 0.410 e. The lowest BCUT2D eigenvalue weighted by atomic mass is 9.55. The van der Waals surface area contributed by atoms with Gasteiger partial charge in [-0.1, -0.05) is 6.07 Å². The molecule has 1 unspecified atom stereocenters. The monoisotopic (exact) mass is 554 g/mol. The van der Waals surface area contributed by atoms with Gasteiger partial charge in [-0.05, 0) is 89.2 Å². The largest absolute Gasteiger partial charge is 0.444 e. The van der Waals surface area contributed by atoms with E-state index in [1.165, 1.54) is 11.9 Å². The lowest BCUT2D eigenvalue weighted by Crippen LogP contribution is -2.53. The van der Waals surface area contributed by atoms with E-state index >= 15 is 0 Å². The molecule has 1 spiro atoms. The van der Waals surface area contributed by atoms with Gasteiger partial charge in [0.1, 0.15) is 11.6 Å². The van der Waals surface area contributed by atoms with Crippen molar-refractivity contribution in [3.05, 3.63) is 29.3 Å². The second-order valence-electron chi connectivity index (χ2n) is 12.7. The molecule has 3 aliphatic rings. The van der Waals surface area contributed by atoms with Crippen LogP contribution in [0.3, 0.4) is 0 Å². The van der Waals surface area contributed by atoms with E-state index < -0.39 is 23.5 Å². The summed E-state index contributed by atoms with van der Waals surface area (Å²) in [5, 5.41) is 5.66. The summed E-state index contributed by atoms with van der Waals surface area (Å²) in [7, 11) is 3.35. The van der Waals surface area contributed by atoms with Gasteiger partial charge in [-0.25, -0.2) is 4.79 Å². The Morgan fingerprint density at radius 3 is 2.38 bits per heavy atom. The predicted octanol–water partition coefficient (Wildman–Crippen LogP) is 3.99. The number of rotatable bonds is 7. The van der Waals surface area contributed by atoms with E-state index in [9.17, 15) is 24.0 Å². The molecule has 0 bridgehead atoms. The van der Waals surface area contributed by atoms with Crippen molar-refractivity contribution >= 4 is 35.8 Å². The molecule has 2 N–H and O–H groups in total. The van der Waals surface area contributed by atoms with Crippen LogP contribution in [0.4, 0.5) is 10.5 Å². The highest BCUT2D eigenvalue weighted by atomic mass is 16.6. The van der Waals surface area contributed by atoms with Gasteiger partial charge in [0.25, 0.3) is 5.91 Å². The third-order valence-corrected chi connectivity index (χ3v) is 8.72. The van der Waals surface area contributed by atoms with E-state index in [1.807, 2.05) is 27.8 Å². The van der Waals surface area contributed by atoms with E-state index in [1.54, 1.807) is 23.1 Å². The SMILES string of the molecule is CN(C(=O)c1cccc(NC[C@H]2CC3(CC[C@H](N(C)C(=O)OC(C)(C)C)CC3)C2)c1C=O)C1CCC(=O)NC1=O. The Bertz CT molecular complexity index is 1160. The van der Waals surface area contributed by atoms with Crippen molar-refractivity contribution in [2.24, 2.45) is 11.3 Å². The fourth-order valence-corrected chi connectivity index (χ4v) is 6.47. The number of amides is 4. The molecule has 10 heteroatoms. The maximum Gasteiger partial charge on any atom is 0.410 e. The van der Waals surface area contributed by atoms with Crippen LogP contribution in [0.25, 0.3) is 0 Å². The zero-order valence-corrected chi connectivity index (χ0v) is 24.2. The Hall–Kier alpha value is -3.43. The topological polar surface area (TPSA) is 125 Å². The van der Waals surface area contributed by atoms with Gasteiger partial charge in [-0.15, -0.1) is 0 Å². The molecule has 3 fully saturated rings. The van der Waals surface area contributed by atoms with Crippen LogP contribution < -0.4 is 10.6 Å². The number of anilines is 1. The fourth-order valence-electron chi connectivity index (χ4n) is 6.47. The van der Waals surface area contributed by atoms with Crippen molar-refractivity contribution in [2.45, 2.75) is 89.8 Å². The lowest BCUT2D eigenvalue weighted by Gasteiger charge is -2.52. The number of aldehydes is 1. The normalized spacial score (nSPS) is 26.4. The summed E-state index contributed by atoms with van der Waals surface area (Å²) >= 11 is 0. The first kappa shape index (κ1) is 29.6. The first-order chi connectivity index (χ1) is 18.8. The molecular formula is C30H42N4O6. The van der Waals surface area contributed by atoms with Crippen LogP contribution >= 0.6 is 0 Å². The molecule has 1 heterocycles. The van der Waals surface area contributed by atoms with Gasteiger partial charge < -0.3 is 19.9 Å². The van der Waals surface area contributed by atoms with E-state index in [-0.39, 0.29) is 42.0 Å². The van der Waals surface area contributed by atoms with Crippen molar-refractivity contribution in [1.82, 2.24) is 15.1 Å². The van der Waals surface area contributed by atoms with Crippen LogP contribution in [0.5, 0.6) is 0 Å². The van der Waals surface area contributed by atoms with Gasteiger partial charge in [0, 0.05) is 38.8 Å². The van der Waals surface area contributed by atoms with Crippen LogP contribution in [0.15, 0.2) is 18.2 Å². The number of ether oxygens (including phenoxy) is 1. The van der Waals surface area contributed by atoms with Crippen LogP contribution in [0, 0.1) is 11.3 Å². The highest BCUT2D eigenvalue weighted by Crippen LogP contribution is 2.55. The van der Waals surface area contributed by atoms with Crippen LogP contribution in [0.1, 0.15) is 92.9 Å². The second-order valence-corrected chi connectivity index (χ2v) is 12.7. The van der Waals surface area contributed by atoms with E-state index in [0.717, 1.165) is 38.5 Å². The minimum Gasteiger partial charge on any atom is -0.444 e. The number of hydrogen-bond acceptors (Lipinski definition) is 7. The Morgan fingerprint density at radius 1 is 1.10 bits per heavy atom. The van der Waals surface area contributed by atoms with E-state index in [4.69, 9.17) is 4.74 Å². The molecular weight excluding hydrogens is 512 g/mol. The number of carbonyl (C=O) groups excluding carboxylic acids is 5. The number of nitrogens with zero attached hydrogens (tertiary/aromatic N) is 2. The van der Waals surface area contributed by atoms with Gasteiger partial charge in [0.2, 0.25) is 11.8 Å². The molecule has 4 amide bonds. The maximum absolute atomic E-state index is 13.2. The van der Waals surface area contributed by atoms with E-state index in [0.29, 0.717) is 29.9 Å². The van der Waals surface area contributed by atoms with Gasteiger partial charge in [-0.3, -0.25) is 24.5 Å². The van der Waals surface area contributed by atoms with Crippen molar-refractivity contribution in [3.8, 4) is 0 Å². The molecule has 1 aromatic carbocycles. The predicted molar refractivity (Wildman–Crippen MR) is 150 cm³/mol. The minimum atomic E-state index is -0.758. The highest BCUT2D eigenvalue weighted by molar-refractivity contribution is 6.07. The average molecular weight is 555 g/mol. The van der Waals surface area contributed by atoms with Gasteiger partial charge in [0.15, 0.2) is 6.29 Å². The lowest BCUT2D eigenvalue weighted by molar-refractivity contribution is -0.136. The van der Waals surface area contributed by atoms with Crippen LogP contribution in [-0.4, -0.2) is 78.2 Å². The first-order valence-electron chi connectivity index (χ1n) is 14.2. The molecule has 10 nitrogen and oxygen atoms in total. The summed E-state index contributed by atoms with van der Waals surface area (Å²) in [6.45, 7) is 6.33. The Balaban J connectivity index is 1.30. The number of benzene rings is 1. The fraction of sp³-hybridized carbons (Fsp3) is 0.633. The molecule has 1 atom stereocenters. The van der Waals surface area contributed by atoms with Gasteiger partial charge in [0.05, 0.1) is 11.1 Å². The molecule has 0 aromatic heterocycles. The zero-order valence-electron chi connectivity index (χ0n) is 24.2. The first-order valence-corrected chi connectivity index (χ1v) is 14.2. The van der Waals surface area contributed by atoms with Crippen LogP contribution in [0.2, 0.25) is 0 Å². The quantitative estimate of drug-likeness (QED) is 0.386. The number of nitrogens with one attached hydrogen (secondary N) is 2. The number of carbonyl (C=O) groups is 5. The third kappa shape index (κ3) is 6.47. The Labute approximate surface area is 236 Å². The summed E-state index contributed by atoms with van der Waals surface area (Å²) in [5.41, 5.74) is 0.903. The summed E-state index contributed by atoms with van der Waals surface area (Å²) in [6, 6.07) is 4.55. The minimum absolute atomic E-state index is 0.167. The number of piperidine rings is 1. The summed E-state index contributed by atoms with van der Waals surface area (Å²) in [4.78, 5) is 64.5. The molecule has 218 valence electrons. The highest BCUT2D eigenvalue weighted by Gasteiger charge is 2.46. The molecule has 1 saturated heterocycles. The molecule has 1 aliphatic heterocycles. The van der Waals surface area contributed by atoms with Crippen molar-refractivity contribution in [3.63, 3.8) is 0 Å². The zero-order chi connectivity index (χ0) is 29.2. The number of imide groups is 1. The molecule has 2 saturated carbocycles. The molecule has 4 rings (SSSR count). The van der Waals surface area contributed by atoms with Gasteiger partial charge >= 0.3 is 6.09 Å². The summed E-state index contributed by atoms with van der Waals surface area (Å²) in [6.07, 6.45) is 7.12. The average Bonchev–Trinajstić information content (AvgIpc) is 2.88. The maximum atomic E-state index is 13.2. The molecule has 0 radical (unpaired) electrons. The third-order valence-electron chi connectivity index (χ3n) is 8.72. The van der Waals surface area contributed by atoms with E-state index in [2.05, 4.69) is 10.6 Å². The number of likely N-dealkylation sites (N-methyl/N-ethyl adjacent to an activating group) is 1. The Kier molecular flexibility index (Phi) is 8.56. The molecule has 2 aliphatic carbocycles. The molecule has 1 aromatic rings. The van der Waals surface area contributed by atoms with Crippen molar-refractivity contribution in [2.75, 3.05) is 26.0 Å². The van der Waals surface area contributed by atoms with Crippen molar-refractivity contribution < 1.29 is 28.7 Å². The summed E-state index contributed by atoms with van der Waals surface area (Å²) in [5.74, 6) is -0.819.